The molecule has 0 aromatic carbocycles. The summed E-state index contributed by atoms with van der Waals surface area (Å²) in [5.41, 5.74) is 1.11. The molecule has 1 aromatic rings. The first kappa shape index (κ1) is 18.2. The molecule has 3 rings (SSSR count). The Bertz CT molecular complexity index is 528. The van der Waals surface area contributed by atoms with Crippen LogP contribution in [0.5, 0.6) is 0 Å². The molecule has 1 saturated carbocycles. The van der Waals surface area contributed by atoms with Gasteiger partial charge in [0.15, 0.2) is 0 Å². The molecular formula is C18H29N3OS2. The smallest absolute Gasteiger partial charge is 0.224 e. The topological polar surface area (TPSA) is 45.2 Å². The fourth-order valence-electron chi connectivity index (χ4n) is 3.93. The number of hydrogen-bond donors (Lipinski definition) is 1. The van der Waals surface area contributed by atoms with Gasteiger partial charge in [-0.1, -0.05) is 12.8 Å². The molecule has 0 radical (unpaired) electrons. The predicted molar refractivity (Wildman–Crippen MR) is 103 cm³/mol. The number of thiazole rings is 1. The van der Waals surface area contributed by atoms with E-state index in [9.17, 15) is 4.79 Å². The highest BCUT2D eigenvalue weighted by Crippen LogP contribution is 2.28. The van der Waals surface area contributed by atoms with E-state index in [1.54, 1.807) is 23.1 Å². The summed E-state index contributed by atoms with van der Waals surface area (Å²) < 4.78 is 0. The largest absolute Gasteiger partial charge is 0.355 e. The van der Waals surface area contributed by atoms with Crippen LogP contribution in [0.15, 0.2) is 5.38 Å². The van der Waals surface area contributed by atoms with Crippen LogP contribution in [0.25, 0.3) is 0 Å². The van der Waals surface area contributed by atoms with E-state index in [1.807, 2.05) is 0 Å². The van der Waals surface area contributed by atoms with Crippen LogP contribution in [0.4, 0.5) is 0 Å². The lowest BCUT2D eigenvalue weighted by molar-refractivity contribution is -0.127. The van der Waals surface area contributed by atoms with Crippen molar-refractivity contribution >= 4 is 29.0 Å². The minimum absolute atomic E-state index is 0.182. The van der Waals surface area contributed by atoms with Crippen molar-refractivity contribution in [2.75, 3.05) is 25.9 Å². The van der Waals surface area contributed by atoms with Crippen molar-refractivity contribution in [1.82, 2.24) is 15.2 Å². The van der Waals surface area contributed by atoms with Gasteiger partial charge in [0.1, 0.15) is 5.01 Å². The molecule has 1 aliphatic carbocycles. The quantitative estimate of drug-likeness (QED) is 0.803. The van der Waals surface area contributed by atoms with Gasteiger partial charge in [0.2, 0.25) is 5.91 Å². The molecule has 1 N–H and O–H groups in total. The van der Waals surface area contributed by atoms with Gasteiger partial charge in [-0.05, 0) is 38.5 Å². The Labute approximate surface area is 153 Å². The molecule has 2 fully saturated rings. The van der Waals surface area contributed by atoms with Crippen LogP contribution >= 0.6 is 23.1 Å². The zero-order valence-electron chi connectivity index (χ0n) is 14.6. The minimum Gasteiger partial charge on any atom is -0.355 e. The molecule has 1 saturated heterocycles. The summed E-state index contributed by atoms with van der Waals surface area (Å²) in [6, 6.07) is 0.741. The number of thioether (sulfide) groups is 1. The first-order valence-electron chi connectivity index (χ1n) is 9.20. The van der Waals surface area contributed by atoms with Crippen LogP contribution in [-0.2, 0) is 17.0 Å². The molecule has 0 bridgehead atoms. The molecule has 134 valence electrons. The molecule has 4 nitrogen and oxygen atoms in total. The lowest BCUT2D eigenvalue weighted by atomic mass is 9.95. The highest BCUT2D eigenvalue weighted by Gasteiger charge is 2.30. The third kappa shape index (κ3) is 4.96. The number of amides is 1. The van der Waals surface area contributed by atoms with E-state index in [2.05, 4.69) is 26.8 Å². The number of piperidine rings is 1. The maximum Gasteiger partial charge on any atom is 0.224 e. The summed E-state index contributed by atoms with van der Waals surface area (Å²) in [5, 5.41) is 6.46. The Morgan fingerprint density at radius 3 is 3.00 bits per heavy atom. The van der Waals surface area contributed by atoms with E-state index in [0.717, 1.165) is 36.9 Å². The zero-order valence-corrected chi connectivity index (χ0v) is 16.3. The second kappa shape index (κ2) is 9.20. The highest BCUT2D eigenvalue weighted by molar-refractivity contribution is 7.97. The van der Waals surface area contributed by atoms with E-state index in [4.69, 9.17) is 0 Å². The standard InChI is InChI=1S/C18H29N3OS2/c1-23-13-17-20-15(12-24-17)8-9-19-18(22)14-5-4-10-21(11-14)16-6-2-3-7-16/h12,14,16H,2-11,13H2,1H3,(H,19,22)/t14-/m0/s1. The van der Waals surface area contributed by atoms with Gasteiger partial charge in [0.05, 0.1) is 11.6 Å². The third-order valence-electron chi connectivity index (χ3n) is 5.21. The summed E-state index contributed by atoms with van der Waals surface area (Å²) in [7, 11) is 0. The zero-order chi connectivity index (χ0) is 16.8. The maximum atomic E-state index is 12.5. The first-order chi connectivity index (χ1) is 11.8. The fraction of sp³-hybridized carbons (Fsp3) is 0.778. The van der Waals surface area contributed by atoms with E-state index < -0.39 is 0 Å². The molecular weight excluding hydrogens is 338 g/mol. The second-order valence-electron chi connectivity index (χ2n) is 6.98. The van der Waals surface area contributed by atoms with E-state index in [-0.39, 0.29) is 11.8 Å². The van der Waals surface area contributed by atoms with E-state index in [0.29, 0.717) is 6.54 Å². The van der Waals surface area contributed by atoms with Crippen LogP contribution in [0.1, 0.15) is 49.2 Å². The average molecular weight is 368 g/mol. The molecule has 1 aromatic heterocycles. The summed E-state index contributed by atoms with van der Waals surface area (Å²) in [6.45, 7) is 2.86. The molecule has 1 amide bonds. The Morgan fingerprint density at radius 2 is 2.21 bits per heavy atom. The van der Waals surface area contributed by atoms with Crippen LogP contribution in [0, 0.1) is 5.92 Å². The van der Waals surface area contributed by atoms with Crippen molar-refractivity contribution in [3.63, 3.8) is 0 Å². The van der Waals surface area contributed by atoms with Gasteiger partial charge in [-0.2, -0.15) is 11.8 Å². The number of rotatable bonds is 7. The van der Waals surface area contributed by atoms with Crippen LogP contribution < -0.4 is 5.32 Å². The summed E-state index contributed by atoms with van der Waals surface area (Å²) in [4.78, 5) is 19.7. The number of nitrogens with one attached hydrogen (secondary N) is 1. The summed E-state index contributed by atoms with van der Waals surface area (Å²) >= 11 is 3.52. The SMILES string of the molecule is CSCc1nc(CCNC(=O)[C@H]2CCCN(C3CCCC3)C2)cs1. The van der Waals surface area contributed by atoms with Crippen LogP contribution in [0.2, 0.25) is 0 Å². The van der Waals surface area contributed by atoms with Crippen molar-refractivity contribution in [1.29, 1.82) is 0 Å². The Morgan fingerprint density at radius 1 is 1.38 bits per heavy atom. The predicted octanol–water partition coefficient (Wildman–Crippen LogP) is 3.32. The first-order valence-corrected chi connectivity index (χ1v) is 11.5. The fourth-order valence-corrected chi connectivity index (χ4v) is 5.48. The van der Waals surface area contributed by atoms with Crippen molar-refractivity contribution in [2.24, 2.45) is 5.92 Å². The molecule has 24 heavy (non-hydrogen) atoms. The van der Waals surface area contributed by atoms with Gasteiger partial charge in [0.25, 0.3) is 0 Å². The van der Waals surface area contributed by atoms with Gasteiger partial charge < -0.3 is 5.32 Å². The van der Waals surface area contributed by atoms with Gasteiger partial charge in [-0.25, -0.2) is 4.98 Å². The lowest BCUT2D eigenvalue weighted by Crippen LogP contribution is -2.46. The van der Waals surface area contributed by atoms with Gasteiger partial charge in [-0.3, -0.25) is 9.69 Å². The molecule has 1 atom stereocenters. The van der Waals surface area contributed by atoms with Crippen LogP contribution in [0.3, 0.4) is 0 Å². The number of likely N-dealkylation sites (tertiary alicyclic amines) is 1. The third-order valence-corrected chi connectivity index (χ3v) is 6.85. The van der Waals surface area contributed by atoms with Crippen molar-refractivity contribution in [3.8, 4) is 0 Å². The highest BCUT2D eigenvalue weighted by atomic mass is 32.2. The molecule has 0 unspecified atom stereocenters. The maximum absolute atomic E-state index is 12.5. The van der Waals surface area contributed by atoms with Gasteiger partial charge in [-0.15, -0.1) is 11.3 Å². The minimum atomic E-state index is 0.182. The monoisotopic (exact) mass is 367 g/mol. The molecule has 2 aliphatic rings. The van der Waals surface area contributed by atoms with Crippen LogP contribution in [-0.4, -0.2) is 47.7 Å². The van der Waals surface area contributed by atoms with Gasteiger partial charge >= 0.3 is 0 Å². The summed E-state index contributed by atoms with van der Waals surface area (Å²) in [6.07, 6.45) is 10.5. The van der Waals surface area contributed by atoms with E-state index >= 15 is 0 Å². The number of hydrogen-bond acceptors (Lipinski definition) is 5. The number of carbonyl (C=O) groups is 1. The van der Waals surface area contributed by atoms with Crippen molar-refractivity contribution in [2.45, 2.75) is 56.7 Å². The molecule has 1 aliphatic heterocycles. The van der Waals surface area contributed by atoms with E-state index in [1.165, 1.54) is 43.7 Å². The number of aromatic nitrogens is 1. The van der Waals surface area contributed by atoms with Gasteiger partial charge in [0, 0.05) is 36.7 Å². The molecule has 2 heterocycles. The Hall–Kier alpha value is -0.590. The molecule has 0 spiro atoms. The van der Waals surface area contributed by atoms with Crippen molar-refractivity contribution < 1.29 is 4.79 Å². The Balaban J connectivity index is 1.40. The second-order valence-corrected chi connectivity index (χ2v) is 8.79. The molecule has 6 heteroatoms. The Kier molecular flexibility index (Phi) is 6.98. The average Bonchev–Trinajstić information content (AvgIpc) is 3.27. The normalized spacial score (nSPS) is 22.8. The number of carbonyl (C=O) groups excluding carboxylic acids is 1. The summed E-state index contributed by atoms with van der Waals surface area (Å²) in [5.74, 6) is 1.41. The number of nitrogens with zero attached hydrogens (tertiary/aromatic N) is 2. The van der Waals surface area contributed by atoms with Crippen molar-refractivity contribution in [3.05, 3.63) is 16.1 Å². The lowest BCUT2D eigenvalue weighted by Gasteiger charge is -2.36.